The number of aromatic nitrogens is 1. The molecule has 4 rings (SSSR count). The molecule has 0 saturated carbocycles. The van der Waals surface area contributed by atoms with Crippen molar-refractivity contribution >= 4 is 11.8 Å². The average Bonchev–Trinajstić information content (AvgIpc) is 3.15. The minimum atomic E-state index is 0.00679. The van der Waals surface area contributed by atoms with Crippen LogP contribution < -0.4 is 5.32 Å². The van der Waals surface area contributed by atoms with Gasteiger partial charge in [0.25, 0.3) is 5.91 Å². The third-order valence-corrected chi connectivity index (χ3v) is 6.57. The van der Waals surface area contributed by atoms with Crippen molar-refractivity contribution in [2.24, 2.45) is 5.92 Å². The number of amides is 2. The molecule has 166 valence electrons. The molecule has 2 fully saturated rings. The van der Waals surface area contributed by atoms with Crippen LogP contribution in [-0.4, -0.2) is 58.8 Å². The maximum Gasteiger partial charge on any atom is 0.289 e. The number of nitrogens with one attached hydrogen (secondary N) is 1. The summed E-state index contributed by atoms with van der Waals surface area (Å²) in [5.41, 5.74) is 1.79. The zero-order chi connectivity index (χ0) is 21.8. The minimum Gasteiger partial charge on any atom is -0.456 e. The number of rotatable bonds is 5. The maximum atomic E-state index is 12.8. The summed E-state index contributed by atoms with van der Waals surface area (Å²) in [5.74, 6) is 1.48. The number of piperidine rings is 2. The van der Waals surface area contributed by atoms with Gasteiger partial charge in [0.1, 0.15) is 5.76 Å². The highest BCUT2D eigenvalue weighted by molar-refractivity contribution is 5.93. The molecule has 0 unspecified atom stereocenters. The van der Waals surface area contributed by atoms with Gasteiger partial charge in [-0.15, -0.1) is 0 Å². The molecule has 0 atom stereocenters. The second kappa shape index (κ2) is 9.64. The summed E-state index contributed by atoms with van der Waals surface area (Å²) in [4.78, 5) is 34.0. The Bertz CT molecular complexity index is 895. The molecule has 2 aromatic rings. The molecule has 2 aromatic heterocycles. The van der Waals surface area contributed by atoms with Crippen molar-refractivity contribution in [2.45, 2.75) is 52.1 Å². The van der Waals surface area contributed by atoms with E-state index in [4.69, 9.17) is 4.42 Å². The Balaban J connectivity index is 1.21. The summed E-state index contributed by atoms with van der Waals surface area (Å²) in [5, 5.41) is 3.03. The van der Waals surface area contributed by atoms with Gasteiger partial charge in [-0.25, -0.2) is 0 Å². The van der Waals surface area contributed by atoms with E-state index in [9.17, 15) is 9.59 Å². The lowest BCUT2D eigenvalue weighted by atomic mass is 9.92. The summed E-state index contributed by atoms with van der Waals surface area (Å²) in [6.07, 6.45) is 5.47. The molecule has 0 radical (unpaired) electrons. The number of hydrogen-bond donors (Lipinski definition) is 1. The van der Waals surface area contributed by atoms with E-state index in [1.165, 1.54) is 0 Å². The molecule has 4 heterocycles. The standard InChI is InChI=1S/C24H32N4O3/c1-17-15-18(2)31-22(17)24(30)28-13-8-21(9-14-28)27-11-6-19(7-12-27)23(29)26-16-20-5-3-4-10-25-20/h3-5,10,15,19,21H,6-9,11-14,16H2,1-2H3,(H,26,29). The zero-order valence-corrected chi connectivity index (χ0v) is 18.5. The largest absolute Gasteiger partial charge is 0.456 e. The quantitative estimate of drug-likeness (QED) is 0.798. The predicted octanol–water partition coefficient (Wildman–Crippen LogP) is 2.92. The van der Waals surface area contributed by atoms with Crippen LogP contribution in [0.1, 0.15) is 53.3 Å². The molecule has 31 heavy (non-hydrogen) atoms. The van der Waals surface area contributed by atoms with E-state index < -0.39 is 0 Å². The van der Waals surface area contributed by atoms with Crippen LogP contribution in [0.4, 0.5) is 0 Å². The van der Waals surface area contributed by atoms with E-state index in [1.807, 2.05) is 43.0 Å². The van der Waals surface area contributed by atoms with Crippen LogP contribution in [0.3, 0.4) is 0 Å². The first-order chi connectivity index (χ1) is 15.0. The van der Waals surface area contributed by atoms with Gasteiger partial charge in [0.2, 0.25) is 5.91 Å². The van der Waals surface area contributed by atoms with Crippen molar-refractivity contribution in [3.8, 4) is 0 Å². The first-order valence-corrected chi connectivity index (χ1v) is 11.3. The fourth-order valence-electron chi connectivity index (χ4n) is 4.78. The Morgan fingerprint density at radius 1 is 1.10 bits per heavy atom. The van der Waals surface area contributed by atoms with E-state index in [1.54, 1.807) is 6.20 Å². The lowest BCUT2D eigenvalue weighted by Gasteiger charge is -2.41. The highest BCUT2D eigenvalue weighted by Crippen LogP contribution is 2.25. The summed E-state index contributed by atoms with van der Waals surface area (Å²) in [7, 11) is 0. The van der Waals surface area contributed by atoms with Crippen molar-refractivity contribution in [2.75, 3.05) is 26.2 Å². The topological polar surface area (TPSA) is 78.7 Å². The fourth-order valence-corrected chi connectivity index (χ4v) is 4.78. The van der Waals surface area contributed by atoms with Gasteiger partial charge in [-0.2, -0.15) is 0 Å². The molecule has 0 aromatic carbocycles. The smallest absolute Gasteiger partial charge is 0.289 e. The molecule has 2 amide bonds. The summed E-state index contributed by atoms with van der Waals surface area (Å²) < 4.78 is 5.61. The van der Waals surface area contributed by atoms with E-state index in [0.717, 1.165) is 68.9 Å². The molecule has 0 bridgehead atoms. The van der Waals surface area contributed by atoms with Gasteiger partial charge in [-0.1, -0.05) is 6.07 Å². The summed E-state index contributed by atoms with van der Waals surface area (Å²) in [6.45, 7) is 7.68. The van der Waals surface area contributed by atoms with Crippen LogP contribution in [-0.2, 0) is 11.3 Å². The Kier molecular flexibility index (Phi) is 6.70. The molecule has 1 N–H and O–H groups in total. The van der Waals surface area contributed by atoms with Crippen LogP contribution >= 0.6 is 0 Å². The van der Waals surface area contributed by atoms with Gasteiger partial charge in [-0.05, 0) is 70.8 Å². The number of carbonyl (C=O) groups excluding carboxylic acids is 2. The highest BCUT2D eigenvalue weighted by Gasteiger charge is 2.32. The highest BCUT2D eigenvalue weighted by atomic mass is 16.4. The first-order valence-electron chi connectivity index (χ1n) is 11.3. The van der Waals surface area contributed by atoms with Gasteiger partial charge >= 0.3 is 0 Å². The molecule has 2 aliphatic rings. The Labute approximate surface area is 183 Å². The third-order valence-electron chi connectivity index (χ3n) is 6.57. The summed E-state index contributed by atoms with van der Waals surface area (Å²) in [6, 6.07) is 8.13. The predicted molar refractivity (Wildman–Crippen MR) is 117 cm³/mol. The van der Waals surface area contributed by atoms with Crippen molar-refractivity contribution < 1.29 is 14.0 Å². The van der Waals surface area contributed by atoms with Crippen LogP contribution in [0.25, 0.3) is 0 Å². The van der Waals surface area contributed by atoms with Crippen LogP contribution in [0.15, 0.2) is 34.9 Å². The number of aryl methyl sites for hydroxylation is 2. The van der Waals surface area contributed by atoms with Crippen molar-refractivity contribution in [1.82, 2.24) is 20.1 Å². The van der Waals surface area contributed by atoms with E-state index in [0.29, 0.717) is 18.3 Å². The second-order valence-electron chi connectivity index (χ2n) is 8.74. The summed E-state index contributed by atoms with van der Waals surface area (Å²) >= 11 is 0. The monoisotopic (exact) mass is 424 g/mol. The molecular formula is C24H32N4O3. The Hall–Kier alpha value is -2.67. The lowest BCUT2D eigenvalue weighted by Crippen LogP contribution is -2.50. The number of hydrogen-bond acceptors (Lipinski definition) is 5. The van der Waals surface area contributed by atoms with Gasteiger partial charge < -0.3 is 19.5 Å². The number of furan rings is 1. The Morgan fingerprint density at radius 2 is 1.84 bits per heavy atom. The molecular weight excluding hydrogens is 392 g/mol. The van der Waals surface area contributed by atoms with Gasteiger partial charge in [0.05, 0.1) is 12.2 Å². The van der Waals surface area contributed by atoms with Crippen LogP contribution in [0.2, 0.25) is 0 Å². The molecule has 0 aliphatic carbocycles. The fraction of sp³-hybridized carbons (Fsp3) is 0.542. The molecule has 7 nitrogen and oxygen atoms in total. The van der Waals surface area contributed by atoms with Crippen molar-refractivity contribution in [3.05, 3.63) is 53.2 Å². The van der Waals surface area contributed by atoms with E-state index in [2.05, 4.69) is 15.2 Å². The molecule has 2 aliphatic heterocycles. The first kappa shape index (κ1) is 21.6. The van der Waals surface area contributed by atoms with Gasteiger partial charge in [0.15, 0.2) is 5.76 Å². The minimum absolute atomic E-state index is 0.00679. The van der Waals surface area contributed by atoms with Gasteiger partial charge in [0, 0.05) is 36.8 Å². The average molecular weight is 425 g/mol. The van der Waals surface area contributed by atoms with Crippen LogP contribution in [0, 0.1) is 19.8 Å². The lowest BCUT2D eigenvalue weighted by molar-refractivity contribution is -0.126. The van der Waals surface area contributed by atoms with E-state index >= 15 is 0 Å². The SMILES string of the molecule is Cc1cc(C)c(C(=O)N2CCC(N3CCC(C(=O)NCc4ccccn4)CC3)CC2)o1. The second-order valence-corrected chi connectivity index (χ2v) is 8.74. The zero-order valence-electron chi connectivity index (χ0n) is 18.5. The van der Waals surface area contributed by atoms with Gasteiger partial charge in [-0.3, -0.25) is 14.6 Å². The number of pyridine rings is 1. The maximum absolute atomic E-state index is 12.8. The normalized spacial score (nSPS) is 18.8. The van der Waals surface area contributed by atoms with Crippen LogP contribution in [0.5, 0.6) is 0 Å². The molecule has 0 spiro atoms. The van der Waals surface area contributed by atoms with Crippen molar-refractivity contribution in [3.63, 3.8) is 0 Å². The number of nitrogens with zero attached hydrogens (tertiary/aromatic N) is 3. The number of likely N-dealkylation sites (tertiary alicyclic amines) is 2. The Morgan fingerprint density at radius 3 is 2.45 bits per heavy atom. The molecule has 2 saturated heterocycles. The third kappa shape index (κ3) is 5.15. The molecule has 7 heteroatoms. The van der Waals surface area contributed by atoms with E-state index in [-0.39, 0.29) is 17.7 Å². The van der Waals surface area contributed by atoms with Crippen molar-refractivity contribution in [1.29, 1.82) is 0 Å². The number of carbonyl (C=O) groups is 2.